The minimum Gasteiger partial charge on any atom is -0.507 e. The molecule has 6 heteroatoms. The molecule has 0 bridgehead atoms. The third-order valence-electron chi connectivity index (χ3n) is 5.06. The van der Waals surface area contributed by atoms with Crippen molar-refractivity contribution in [1.29, 1.82) is 0 Å². The zero-order valence-electron chi connectivity index (χ0n) is 15.7. The molecular formula is C23H20Br2FN2O+. The van der Waals surface area contributed by atoms with E-state index in [4.69, 9.17) is 0 Å². The van der Waals surface area contributed by atoms with Gasteiger partial charge in [0.2, 0.25) is 0 Å². The molecule has 0 saturated heterocycles. The van der Waals surface area contributed by atoms with Gasteiger partial charge in [0.1, 0.15) is 17.6 Å². The van der Waals surface area contributed by atoms with Crippen molar-refractivity contribution < 1.29 is 14.8 Å². The molecule has 2 atom stereocenters. The summed E-state index contributed by atoms with van der Waals surface area (Å²) >= 11 is 6.93. The molecule has 29 heavy (non-hydrogen) atoms. The molecule has 3 nitrogen and oxygen atoms in total. The van der Waals surface area contributed by atoms with Gasteiger partial charge in [-0.1, -0.05) is 61.7 Å². The molecule has 4 rings (SSSR count). The number of nitrogens with two attached hydrogens (primary N) is 1. The maximum atomic E-state index is 14.7. The lowest BCUT2D eigenvalue weighted by Crippen LogP contribution is -2.90. The Bertz CT molecular complexity index is 1080. The molecule has 1 aliphatic heterocycles. The van der Waals surface area contributed by atoms with Crippen molar-refractivity contribution in [3.63, 3.8) is 0 Å². The average molecular weight is 519 g/mol. The quantitative estimate of drug-likeness (QED) is 0.440. The van der Waals surface area contributed by atoms with Crippen LogP contribution < -0.4 is 10.6 Å². The number of aryl methyl sites for hydroxylation is 1. The Balaban J connectivity index is 1.80. The van der Waals surface area contributed by atoms with Crippen LogP contribution in [-0.2, 0) is 0 Å². The molecule has 4 N–H and O–H groups in total. The third kappa shape index (κ3) is 4.39. The van der Waals surface area contributed by atoms with Crippen molar-refractivity contribution in [1.82, 2.24) is 5.32 Å². The van der Waals surface area contributed by atoms with Crippen LogP contribution in [0.2, 0.25) is 0 Å². The predicted molar refractivity (Wildman–Crippen MR) is 120 cm³/mol. The van der Waals surface area contributed by atoms with Gasteiger partial charge in [0.15, 0.2) is 6.17 Å². The van der Waals surface area contributed by atoms with E-state index in [-0.39, 0.29) is 23.8 Å². The standard InChI is InChI=1S/C23H19Br2FN2O/c1-13-2-4-14(5-3-13)20-12-21(18-11-16(25)7-9-22(18)29)28-23(27-20)17-10-15(24)6-8-19(17)26/h2-12,21,23,27-29H,1H3/p+1. The van der Waals surface area contributed by atoms with Crippen molar-refractivity contribution in [2.45, 2.75) is 19.1 Å². The van der Waals surface area contributed by atoms with Crippen LogP contribution in [0, 0.1) is 12.7 Å². The molecule has 0 radical (unpaired) electrons. The predicted octanol–water partition coefficient (Wildman–Crippen LogP) is 5.31. The lowest BCUT2D eigenvalue weighted by Gasteiger charge is -2.30. The second-order valence-corrected chi connectivity index (χ2v) is 8.99. The fourth-order valence-electron chi connectivity index (χ4n) is 3.54. The molecule has 0 aliphatic carbocycles. The normalized spacial score (nSPS) is 18.8. The smallest absolute Gasteiger partial charge is 0.189 e. The lowest BCUT2D eigenvalue weighted by atomic mass is 9.97. The summed E-state index contributed by atoms with van der Waals surface area (Å²) in [7, 11) is 0. The van der Waals surface area contributed by atoms with Gasteiger partial charge in [-0.15, -0.1) is 0 Å². The SMILES string of the molecule is Cc1ccc(C2=CC(c3cc(Br)ccc3O)[NH2+]C(c3cc(Br)ccc3F)N2)cc1. The molecule has 1 aliphatic rings. The zero-order valence-corrected chi connectivity index (χ0v) is 18.8. The lowest BCUT2D eigenvalue weighted by molar-refractivity contribution is -0.731. The Kier molecular flexibility index (Phi) is 5.76. The molecule has 0 spiro atoms. The van der Waals surface area contributed by atoms with Gasteiger partial charge >= 0.3 is 0 Å². The number of hydrogen-bond donors (Lipinski definition) is 3. The fraction of sp³-hybridized carbons (Fsp3) is 0.130. The Hall–Kier alpha value is -2.15. The van der Waals surface area contributed by atoms with Crippen LogP contribution in [0.15, 0.2) is 75.7 Å². The van der Waals surface area contributed by atoms with Crippen molar-refractivity contribution in [3.8, 4) is 5.75 Å². The zero-order chi connectivity index (χ0) is 20.5. The number of nitrogens with one attached hydrogen (secondary N) is 1. The molecule has 0 aromatic heterocycles. The van der Waals surface area contributed by atoms with Crippen molar-refractivity contribution in [2.75, 3.05) is 0 Å². The van der Waals surface area contributed by atoms with Crippen molar-refractivity contribution in [2.24, 2.45) is 0 Å². The minimum atomic E-state index is -0.350. The average Bonchev–Trinajstić information content (AvgIpc) is 2.72. The summed E-state index contributed by atoms with van der Waals surface area (Å²) in [6.07, 6.45) is 1.72. The van der Waals surface area contributed by atoms with Crippen LogP contribution in [-0.4, -0.2) is 5.11 Å². The summed E-state index contributed by atoms with van der Waals surface area (Å²) in [5.41, 5.74) is 4.42. The third-order valence-corrected chi connectivity index (χ3v) is 6.05. The summed E-state index contributed by atoms with van der Waals surface area (Å²) in [4.78, 5) is 0. The molecule has 0 amide bonds. The summed E-state index contributed by atoms with van der Waals surface area (Å²) < 4.78 is 16.4. The first kappa shape index (κ1) is 20.1. The van der Waals surface area contributed by atoms with Gasteiger partial charge in [0.25, 0.3) is 0 Å². The fourth-order valence-corrected chi connectivity index (χ4v) is 4.30. The first-order valence-corrected chi connectivity index (χ1v) is 10.8. The van der Waals surface area contributed by atoms with Crippen LogP contribution in [0.25, 0.3) is 5.70 Å². The molecule has 3 aromatic rings. The Labute approximate surface area is 185 Å². The summed E-state index contributed by atoms with van der Waals surface area (Å²) in [6, 6.07) is 18.3. The van der Waals surface area contributed by atoms with Crippen LogP contribution >= 0.6 is 31.9 Å². The van der Waals surface area contributed by atoms with Crippen LogP contribution in [0.4, 0.5) is 4.39 Å². The highest BCUT2D eigenvalue weighted by molar-refractivity contribution is 9.10. The maximum absolute atomic E-state index is 14.7. The van der Waals surface area contributed by atoms with Gasteiger partial charge < -0.3 is 15.7 Å². The van der Waals surface area contributed by atoms with E-state index in [2.05, 4.69) is 55.4 Å². The van der Waals surface area contributed by atoms with Gasteiger partial charge in [-0.3, -0.25) is 0 Å². The van der Waals surface area contributed by atoms with E-state index < -0.39 is 0 Å². The highest BCUT2D eigenvalue weighted by Gasteiger charge is 2.31. The van der Waals surface area contributed by atoms with Crippen molar-refractivity contribution >= 4 is 37.6 Å². The molecule has 3 aromatic carbocycles. The summed E-state index contributed by atoms with van der Waals surface area (Å²) in [5.74, 6) is -0.0614. The summed E-state index contributed by atoms with van der Waals surface area (Å²) in [5, 5.41) is 15.9. The van der Waals surface area contributed by atoms with Gasteiger partial charge in [-0.05, 0) is 48.9 Å². The van der Waals surface area contributed by atoms with Gasteiger partial charge in [-0.2, -0.15) is 0 Å². The highest BCUT2D eigenvalue weighted by Crippen LogP contribution is 2.32. The number of halogens is 3. The molecule has 0 saturated carbocycles. The summed E-state index contributed by atoms with van der Waals surface area (Å²) in [6.45, 7) is 2.04. The Morgan fingerprint density at radius 1 is 0.931 bits per heavy atom. The number of benzene rings is 3. The molecule has 1 heterocycles. The molecule has 148 valence electrons. The molecule has 0 fully saturated rings. The topological polar surface area (TPSA) is 48.9 Å². The highest BCUT2D eigenvalue weighted by atomic mass is 79.9. The number of quaternary nitrogens is 1. The minimum absolute atomic E-state index is 0.187. The van der Waals surface area contributed by atoms with Crippen LogP contribution in [0.1, 0.15) is 34.5 Å². The maximum Gasteiger partial charge on any atom is 0.189 e. The second-order valence-electron chi connectivity index (χ2n) is 7.16. The van der Waals surface area contributed by atoms with E-state index in [1.165, 1.54) is 11.6 Å². The second kappa shape index (κ2) is 8.30. The Morgan fingerprint density at radius 2 is 1.59 bits per heavy atom. The van der Waals surface area contributed by atoms with Crippen molar-refractivity contribution in [3.05, 3.63) is 104 Å². The van der Waals surface area contributed by atoms with E-state index in [1.807, 2.05) is 30.4 Å². The molecule has 2 unspecified atom stereocenters. The number of rotatable bonds is 3. The van der Waals surface area contributed by atoms with E-state index in [9.17, 15) is 9.50 Å². The van der Waals surface area contributed by atoms with Gasteiger partial charge in [-0.25, -0.2) is 4.39 Å². The monoisotopic (exact) mass is 517 g/mol. The van der Waals surface area contributed by atoms with E-state index in [0.29, 0.717) is 5.56 Å². The van der Waals surface area contributed by atoms with E-state index in [1.54, 1.807) is 24.3 Å². The van der Waals surface area contributed by atoms with Crippen LogP contribution in [0.5, 0.6) is 5.75 Å². The number of phenolic OH excluding ortho intramolecular Hbond substituents is 1. The van der Waals surface area contributed by atoms with Crippen LogP contribution in [0.3, 0.4) is 0 Å². The first-order chi connectivity index (χ1) is 13.9. The largest absolute Gasteiger partial charge is 0.507 e. The number of hydrogen-bond acceptors (Lipinski definition) is 2. The van der Waals surface area contributed by atoms with E-state index >= 15 is 0 Å². The Morgan fingerprint density at radius 3 is 2.31 bits per heavy atom. The van der Waals surface area contributed by atoms with E-state index in [0.717, 1.165) is 25.8 Å². The van der Waals surface area contributed by atoms with Gasteiger partial charge in [0, 0.05) is 20.7 Å². The number of aromatic hydroxyl groups is 1. The first-order valence-electron chi connectivity index (χ1n) is 9.24. The van der Waals surface area contributed by atoms with Gasteiger partial charge in [0.05, 0.1) is 11.1 Å². The number of phenols is 1. The molecular weight excluding hydrogens is 499 g/mol.